The SMILES string of the molecule is CCC(CC)(CN)NS(=O)(=O)Cc1cccc(F)c1.Cl. The van der Waals surface area contributed by atoms with Gasteiger partial charge in [-0.2, -0.15) is 0 Å². The van der Waals surface area contributed by atoms with Crippen LogP contribution in [0.5, 0.6) is 0 Å². The summed E-state index contributed by atoms with van der Waals surface area (Å²) in [5.41, 5.74) is 5.47. The van der Waals surface area contributed by atoms with Gasteiger partial charge in [0.25, 0.3) is 0 Å². The van der Waals surface area contributed by atoms with Gasteiger partial charge in [0, 0.05) is 12.1 Å². The lowest BCUT2D eigenvalue weighted by atomic mass is 9.95. The molecule has 0 heterocycles. The summed E-state index contributed by atoms with van der Waals surface area (Å²) in [7, 11) is -3.54. The lowest BCUT2D eigenvalue weighted by Crippen LogP contribution is -2.53. The standard InChI is InChI=1S/C13H21FN2O2S.ClH/c1-3-13(4-2,10-15)16-19(17,18)9-11-6-5-7-12(14)8-11;/h5-8,16H,3-4,9-10,15H2,1-2H3;1H. The summed E-state index contributed by atoms with van der Waals surface area (Å²) in [5, 5.41) is 0. The van der Waals surface area contributed by atoms with Crippen LogP contribution in [0.25, 0.3) is 0 Å². The largest absolute Gasteiger partial charge is 0.329 e. The monoisotopic (exact) mass is 324 g/mol. The van der Waals surface area contributed by atoms with Gasteiger partial charge < -0.3 is 5.73 Å². The summed E-state index contributed by atoms with van der Waals surface area (Å²) < 4.78 is 39.9. The highest BCUT2D eigenvalue weighted by Gasteiger charge is 2.29. The fourth-order valence-corrected chi connectivity index (χ4v) is 3.66. The van der Waals surface area contributed by atoms with E-state index < -0.39 is 21.4 Å². The van der Waals surface area contributed by atoms with Crippen molar-refractivity contribution in [3.05, 3.63) is 35.6 Å². The maximum Gasteiger partial charge on any atom is 0.216 e. The first-order valence-electron chi connectivity index (χ1n) is 6.32. The average molecular weight is 325 g/mol. The fraction of sp³-hybridized carbons (Fsp3) is 0.538. The Bertz CT molecular complexity index is 511. The van der Waals surface area contributed by atoms with Gasteiger partial charge in [-0.3, -0.25) is 0 Å². The maximum atomic E-state index is 13.0. The van der Waals surface area contributed by atoms with Crippen LogP contribution in [0.4, 0.5) is 4.39 Å². The van der Waals surface area contributed by atoms with E-state index in [1.807, 2.05) is 13.8 Å². The molecule has 0 aromatic heterocycles. The van der Waals surface area contributed by atoms with Crippen LogP contribution >= 0.6 is 12.4 Å². The molecular weight excluding hydrogens is 303 g/mol. The number of nitrogens with two attached hydrogens (primary N) is 1. The number of sulfonamides is 1. The Balaban J connectivity index is 0.00000361. The van der Waals surface area contributed by atoms with Gasteiger partial charge in [0.15, 0.2) is 0 Å². The Morgan fingerprint density at radius 3 is 2.35 bits per heavy atom. The van der Waals surface area contributed by atoms with Gasteiger partial charge in [0.2, 0.25) is 10.0 Å². The molecule has 0 radical (unpaired) electrons. The Morgan fingerprint density at radius 2 is 1.90 bits per heavy atom. The number of nitrogens with one attached hydrogen (secondary N) is 1. The molecule has 0 fully saturated rings. The van der Waals surface area contributed by atoms with E-state index in [9.17, 15) is 12.8 Å². The van der Waals surface area contributed by atoms with E-state index in [2.05, 4.69) is 4.72 Å². The van der Waals surface area contributed by atoms with Crippen molar-refractivity contribution in [1.29, 1.82) is 0 Å². The van der Waals surface area contributed by atoms with E-state index in [-0.39, 0.29) is 24.7 Å². The van der Waals surface area contributed by atoms with Crippen LogP contribution in [0.3, 0.4) is 0 Å². The Kier molecular flexibility index (Phi) is 7.65. The van der Waals surface area contributed by atoms with Crippen LogP contribution < -0.4 is 10.5 Å². The van der Waals surface area contributed by atoms with Crippen molar-refractivity contribution in [2.75, 3.05) is 6.54 Å². The zero-order valence-electron chi connectivity index (χ0n) is 11.7. The summed E-state index contributed by atoms with van der Waals surface area (Å²) in [6.45, 7) is 4.02. The fourth-order valence-electron chi connectivity index (χ4n) is 1.94. The number of rotatable bonds is 7. The third-order valence-corrected chi connectivity index (χ3v) is 4.82. The molecular formula is C13H22ClFN2O2S. The molecule has 4 nitrogen and oxygen atoms in total. The van der Waals surface area contributed by atoms with Gasteiger partial charge in [-0.25, -0.2) is 17.5 Å². The van der Waals surface area contributed by atoms with Crippen LogP contribution in [0.1, 0.15) is 32.3 Å². The molecule has 0 spiro atoms. The smallest absolute Gasteiger partial charge is 0.216 e. The van der Waals surface area contributed by atoms with Crippen LogP contribution in [0.15, 0.2) is 24.3 Å². The van der Waals surface area contributed by atoms with E-state index >= 15 is 0 Å². The first-order chi connectivity index (χ1) is 8.86. The third kappa shape index (κ3) is 5.36. The molecule has 3 N–H and O–H groups in total. The van der Waals surface area contributed by atoms with E-state index in [4.69, 9.17) is 5.73 Å². The number of halogens is 2. The molecule has 0 aliphatic carbocycles. The summed E-state index contributed by atoms with van der Waals surface area (Å²) in [5.74, 6) is -0.684. The molecule has 1 rings (SSSR count). The van der Waals surface area contributed by atoms with Crippen molar-refractivity contribution in [3.8, 4) is 0 Å². The van der Waals surface area contributed by atoms with Gasteiger partial charge in [-0.1, -0.05) is 26.0 Å². The van der Waals surface area contributed by atoms with Crippen LogP contribution in [-0.2, 0) is 15.8 Å². The zero-order valence-corrected chi connectivity index (χ0v) is 13.4. The Hall–Kier alpha value is -0.690. The number of benzene rings is 1. The van der Waals surface area contributed by atoms with Crippen molar-refractivity contribution in [2.24, 2.45) is 5.73 Å². The predicted molar refractivity (Wildman–Crippen MR) is 81.8 cm³/mol. The molecule has 7 heteroatoms. The molecule has 0 aliphatic heterocycles. The summed E-state index contributed by atoms with van der Waals surface area (Å²) in [6, 6.07) is 5.59. The van der Waals surface area contributed by atoms with Gasteiger partial charge in [-0.15, -0.1) is 12.4 Å². The lowest BCUT2D eigenvalue weighted by Gasteiger charge is -2.31. The van der Waals surface area contributed by atoms with Crippen molar-refractivity contribution >= 4 is 22.4 Å². The zero-order chi connectivity index (χ0) is 14.5. The topological polar surface area (TPSA) is 72.2 Å². The average Bonchev–Trinajstić information content (AvgIpc) is 2.35. The third-order valence-electron chi connectivity index (χ3n) is 3.36. The Morgan fingerprint density at radius 1 is 1.30 bits per heavy atom. The van der Waals surface area contributed by atoms with Crippen molar-refractivity contribution in [1.82, 2.24) is 4.72 Å². The van der Waals surface area contributed by atoms with Crippen molar-refractivity contribution in [2.45, 2.75) is 38.0 Å². The highest BCUT2D eigenvalue weighted by atomic mass is 35.5. The second-order valence-electron chi connectivity index (χ2n) is 4.68. The summed E-state index contributed by atoms with van der Waals surface area (Å²) in [4.78, 5) is 0. The lowest BCUT2D eigenvalue weighted by molar-refractivity contribution is 0.363. The molecule has 0 aliphatic rings. The predicted octanol–water partition coefficient (Wildman–Crippen LogP) is 2.18. The minimum Gasteiger partial charge on any atom is -0.329 e. The van der Waals surface area contributed by atoms with Crippen molar-refractivity contribution in [3.63, 3.8) is 0 Å². The summed E-state index contributed by atoms with van der Waals surface area (Å²) in [6.07, 6.45) is 1.23. The van der Waals surface area contributed by atoms with Crippen molar-refractivity contribution < 1.29 is 12.8 Å². The molecule has 0 saturated heterocycles. The molecule has 0 unspecified atom stereocenters. The normalized spacial score (nSPS) is 12.0. The van der Waals surface area contributed by atoms with Crippen LogP contribution in [0.2, 0.25) is 0 Å². The molecule has 0 amide bonds. The van der Waals surface area contributed by atoms with Crippen LogP contribution in [0, 0.1) is 5.82 Å². The highest BCUT2D eigenvalue weighted by Crippen LogP contribution is 2.17. The number of hydrogen-bond acceptors (Lipinski definition) is 3. The van der Waals surface area contributed by atoms with E-state index in [0.717, 1.165) is 0 Å². The Labute approximate surface area is 126 Å². The molecule has 1 aromatic rings. The van der Waals surface area contributed by atoms with E-state index in [1.54, 1.807) is 6.07 Å². The minimum absolute atomic E-state index is 0. The van der Waals surface area contributed by atoms with Gasteiger partial charge in [0.1, 0.15) is 5.82 Å². The highest BCUT2D eigenvalue weighted by molar-refractivity contribution is 7.88. The first-order valence-corrected chi connectivity index (χ1v) is 7.98. The van der Waals surface area contributed by atoms with Gasteiger partial charge >= 0.3 is 0 Å². The molecule has 116 valence electrons. The molecule has 0 saturated carbocycles. The summed E-state index contributed by atoms with van der Waals surface area (Å²) >= 11 is 0. The second-order valence-corrected chi connectivity index (χ2v) is 6.40. The molecule has 1 aromatic carbocycles. The number of hydrogen-bond donors (Lipinski definition) is 2. The van der Waals surface area contributed by atoms with E-state index in [0.29, 0.717) is 18.4 Å². The second kappa shape index (κ2) is 7.93. The van der Waals surface area contributed by atoms with Gasteiger partial charge in [0.05, 0.1) is 5.75 Å². The first kappa shape index (κ1) is 19.3. The quantitative estimate of drug-likeness (QED) is 0.807. The minimum atomic E-state index is -3.54. The molecule has 0 atom stereocenters. The molecule has 20 heavy (non-hydrogen) atoms. The van der Waals surface area contributed by atoms with E-state index in [1.165, 1.54) is 18.2 Å². The molecule has 0 bridgehead atoms. The van der Waals surface area contributed by atoms with Crippen LogP contribution in [-0.4, -0.2) is 20.5 Å². The maximum absolute atomic E-state index is 13.0. The van der Waals surface area contributed by atoms with Gasteiger partial charge in [-0.05, 0) is 30.5 Å².